The molecule has 1 aliphatic heterocycles. The first-order valence-corrected chi connectivity index (χ1v) is 6.17. The number of likely N-dealkylation sites (N-methyl/N-ethyl adjacent to an activating group) is 1. The molecule has 1 aliphatic rings. The third-order valence-corrected chi connectivity index (χ3v) is 2.78. The topological polar surface area (TPSA) is 41.9 Å². The van der Waals surface area contributed by atoms with Crippen LogP contribution in [0.15, 0.2) is 15.7 Å². The standard InChI is InChI=1S/C11H17BrN2O2/c1-14(7-10(12)6-13-9-15)8-11-4-2-3-5-16-11/h6-7,9,11H,2-5,8H2,1H3/b10-7+,13-6?. The molecule has 16 heavy (non-hydrogen) atoms. The van der Waals surface area contributed by atoms with Gasteiger partial charge in [-0.15, -0.1) is 0 Å². The van der Waals surface area contributed by atoms with Crippen LogP contribution in [0.3, 0.4) is 0 Å². The number of carbonyl (C=O) groups excluding carboxylic acids is 1. The Balaban J connectivity index is 2.35. The Morgan fingerprint density at radius 3 is 3.06 bits per heavy atom. The first-order chi connectivity index (χ1) is 7.72. The number of carbonyl (C=O) groups is 1. The van der Waals surface area contributed by atoms with E-state index in [1.54, 1.807) is 0 Å². The van der Waals surface area contributed by atoms with Crippen LogP contribution in [0, 0.1) is 0 Å². The molecular weight excluding hydrogens is 272 g/mol. The van der Waals surface area contributed by atoms with E-state index >= 15 is 0 Å². The summed E-state index contributed by atoms with van der Waals surface area (Å²) in [5.41, 5.74) is 0. The predicted molar refractivity (Wildman–Crippen MR) is 67.8 cm³/mol. The van der Waals surface area contributed by atoms with Crippen molar-refractivity contribution in [1.29, 1.82) is 0 Å². The number of amides is 1. The lowest BCUT2D eigenvalue weighted by Gasteiger charge is -2.26. The highest BCUT2D eigenvalue weighted by Gasteiger charge is 2.14. The summed E-state index contributed by atoms with van der Waals surface area (Å²) < 4.78 is 6.41. The summed E-state index contributed by atoms with van der Waals surface area (Å²) in [7, 11) is 1.98. The third kappa shape index (κ3) is 5.42. The highest BCUT2D eigenvalue weighted by molar-refractivity contribution is 9.12. The number of hydrogen-bond acceptors (Lipinski definition) is 3. The molecule has 4 nitrogen and oxygen atoms in total. The monoisotopic (exact) mass is 288 g/mol. The lowest BCUT2D eigenvalue weighted by Crippen LogP contribution is -2.30. The van der Waals surface area contributed by atoms with Crippen LogP contribution in [0.5, 0.6) is 0 Å². The van der Waals surface area contributed by atoms with Crippen molar-refractivity contribution in [2.75, 3.05) is 20.2 Å². The zero-order valence-corrected chi connectivity index (χ0v) is 11.0. The highest BCUT2D eigenvalue weighted by Crippen LogP contribution is 2.14. The van der Waals surface area contributed by atoms with Gasteiger partial charge in [-0.3, -0.25) is 4.79 Å². The minimum atomic E-state index is 0.318. The van der Waals surface area contributed by atoms with Crippen molar-refractivity contribution in [2.24, 2.45) is 4.99 Å². The van der Waals surface area contributed by atoms with Gasteiger partial charge in [-0.05, 0) is 35.2 Å². The van der Waals surface area contributed by atoms with Gasteiger partial charge in [0.2, 0.25) is 6.41 Å². The molecule has 0 saturated carbocycles. The highest BCUT2D eigenvalue weighted by atomic mass is 79.9. The molecule has 0 aliphatic carbocycles. The van der Waals surface area contributed by atoms with Crippen LogP contribution < -0.4 is 0 Å². The van der Waals surface area contributed by atoms with E-state index < -0.39 is 0 Å². The number of rotatable bonds is 5. The molecule has 1 unspecified atom stereocenters. The molecule has 1 rings (SSSR count). The summed E-state index contributed by atoms with van der Waals surface area (Å²) in [5.74, 6) is 0. The van der Waals surface area contributed by atoms with E-state index in [4.69, 9.17) is 4.74 Å². The molecular formula is C11H17BrN2O2. The molecule has 1 amide bonds. The number of ether oxygens (including phenoxy) is 1. The minimum Gasteiger partial charge on any atom is -0.377 e. The SMILES string of the molecule is CN(/C=C(/Br)C=NC=O)CC1CCCCO1. The van der Waals surface area contributed by atoms with Crippen LogP contribution in [0.25, 0.3) is 0 Å². The lowest BCUT2D eigenvalue weighted by molar-refractivity contribution is -0.106. The molecule has 1 atom stereocenters. The zero-order valence-electron chi connectivity index (χ0n) is 9.43. The Hall–Kier alpha value is -0.680. The molecule has 0 aromatic heterocycles. The van der Waals surface area contributed by atoms with E-state index in [1.807, 2.05) is 18.1 Å². The second-order valence-electron chi connectivity index (χ2n) is 3.83. The number of hydrogen-bond donors (Lipinski definition) is 0. The fourth-order valence-electron chi connectivity index (χ4n) is 1.67. The average Bonchev–Trinajstić information content (AvgIpc) is 2.27. The van der Waals surface area contributed by atoms with Gasteiger partial charge in [0.25, 0.3) is 0 Å². The van der Waals surface area contributed by atoms with Gasteiger partial charge in [-0.25, -0.2) is 4.99 Å². The van der Waals surface area contributed by atoms with Crippen LogP contribution in [0.2, 0.25) is 0 Å². The van der Waals surface area contributed by atoms with Crippen molar-refractivity contribution in [3.8, 4) is 0 Å². The fourth-order valence-corrected chi connectivity index (χ4v) is 2.14. The van der Waals surface area contributed by atoms with Crippen molar-refractivity contribution >= 4 is 28.6 Å². The molecule has 1 fully saturated rings. The Morgan fingerprint density at radius 2 is 2.44 bits per heavy atom. The van der Waals surface area contributed by atoms with E-state index in [-0.39, 0.29) is 0 Å². The number of aliphatic imine (C=N–C) groups is 1. The summed E-state index contributed by atoms with van der Waals surface area (Å²) in [6.45, 7) is 1.74. The maximum absolute atomic E-state index is 10.0. The molecule has 0 spiro atoms. The Morgan fingerprint density at radius 1 is 1.62 bits per heavy atom. The summed E-state index contributed by atoms with van der Waals surface area (Å²) in [6, 6.07) is 0. The smallest absolute Gasteiger partial charge is 0.232 e. The summed E-state index contributed by atoms with van der Waals surface area (Å²) in [5, 5.41) is 0. The Labute approximate surface area is 104 Å². The largest absolute Gasteiger partial charge is 0.377 e. The van der Waals surface area contributed by atoms with Crippen LogP contribution in [-0.2, 0) is 9.53 Å². The van der Waals surface area contributed by atoms with Gasteiger partial charge in [0, 0.05) is 32.6 Å². The van der Waals surface area contributed by atoms with E-state index in [9.17, 15) is 4.79 Å². The van der Waals surface area contributed by atoms with Gasteiger partial charge in [0.05, 0.1) is 10.6 Å². The molecule has 0 radical (unpaired) electrons. The number of nitrogens with zero attached hydrogens (tertiary/aromatic N) is 2. The van der Waals surface area contributed by atoms with Gasteiger partial charge >= 0.3 is 0 Å². The molecule has 0 N–H and O–H groups in total. The van der Waals surface area contributed by atoms with Gasteiger partial charge in [0.1, 0.15) is 0 Å². The molecule has 5 heteroatoms. The van der Waals surface area contributed by atoms with Crippen molar-refractivity contribution in [3.05, 3.63) is 10.7 Å². The van der Waals surface area contributed by atoms with E-state index in [0.717, 1.165) is 24.1 Å². The maximum Gasteiger partial charge on any atom is 0.232 e. The van der Waals surface area contributed by atoms with Crippen LogP contribution in [0.1, 0.15) is 19.3 Å². The van der Waals surface area contributed by atoms with Crippen LogP contribution in [0.4, 0.5) is 0 Å². The zero-order chi connectivity index (χ0) is 11.8. The second-order valence-corrected chi connectivity index (χ2v) is 4.74. The van der Waals surface area contributed by atoms with Crippen molar-refractivity contribution in [3.63, 3.8) is 0 Å². The maximum atomic E-state index is 10.0. The fraction of sp³-hybridized carbons (Fsp3) is 0.636. The van der Waals surface area contributed by atoms with E-state index in [0.29, 0.717) is 12.5 Å². The summed E-state index contributed by atoms with van der Waals surface area (Å²) >= 11 is 3.31. The molecule has 0 aromatic carbocycles. The van der Waals surface area contributed by atoms with E-state index in [2.05, 4.69) is 20.9 Å². The second kappa shape index (κ2) is 7.57. The molecule has 1 saturated heterocycles. The Kier molecular flexibility index (Phi) is 6.33. The van der Waals surface area contributed by atoms with Crippen molar-refractivity contribution in [2.45, 2.75) is 25.4 Å². The Bertz CT molecular complexity index is 273. The first kappa shape index (κ1) is 13.4. The third-order valence-electron chi connectivity index (χ3n) is 2.37. The molecule has 0 aromatic rings. The quantitative estimate of drug-likeness (QED) is 0.574. The van der Waals surface area contributed by atoms with Gasteiger partial charge in [-0.1, -0.05) is 0 Å². The minimum absolute atomic E-state index is 0.318. The van der Waals surface area contributed by atoms with Crippen LogP contribution >= 0.6 is 15.9 Å². The van der Waals surface area contributed by atoms with Crippen molar-refractivity contribution in [1.82, 2.24) is 4.90 Å². The van der Waals surface area contributed by atoms with Crippen LogP contribution in [-0.4, -0.2) is 43.8 Å². The summed E-state index contributed by atoms with van der Waals surface area (Å²) in [4.78, 5) is 15.6. The molecule has 0 bridgehead atoms. The summed E-state index contributed by atoms with van der Waals surface area (Å²) in [6.07, 6.45) is 7.74. The predicted octanol–water partition coefficient (Wildman–Crippen LogP) is 1.95. The van der Waals surface area contributed by atoms with E-state index in [1.165, 1.54) is 19.1 Å². The normalized spacial score (nSPS) is 22.4. The first-order valence-electron chi connectivity index (χ1n) is 5.38. The van der Waals surface area contributed by atoms with Gasteiger partial charge in [0.15, 0.2) is 0 Å². The molecule has 90 valence electrons. The average molecular weight is 289 g/mol. The van der Waals surface area contributed by atoms with Crippen molar-refractivity contribution < 1.29 is 9.53 Å². The van der Waals surface area contributed by atoms with Gasteiger partial charge < -0.3 is 9.64 Å². The number of allylic oxidation sites excluding steroid dienone is 1. The molecule has 1 heterocycles. The lowest BCUT2D eigenvalue weighted by atomic mass is 10.1. The number of halogens is 1. The van der Waals surface area contributed by atoms with Gasteiger partial charge in [-0.2, -0.15) is 0 Å².